The highest BCUT2D eigenvalue weighted by Crippen LogP contribution is 2.26. The Hall–Kier alpha value is -2.62. The third-order valence-corrected chi connectivity index (χ3v) is 4.68. The number of carbonyl (C=O) groups is 2. The third kappa shape index (κ3) is 3.73. The van der Waals surface area contributed by atoms with E-state index in [4.69, 9.17) is 0 Å². The summed E-state index contributed by atoms with van der Waals surface area (Å²) in [6.45, 7) is 5.07. The van der Waals surface area contributed by atoms with Gasteiger partial charge in [0.05, 0.1) is 0 Å². The summed E-state index contributed by atoms with van der Waals surface area (Å²) in [5.74, 6) is -0.122. The number of carbonyl (C=O) groups excluding carboxylic acids is 2. The van der Waals surface area contributed by atoms with Crippen LogP contribution < -0.4 is 5.32 Å². The lowest BCUT2D eigenvalue weighted by Gasteiger charge is -2.26. The van der Waals surface area contributed by atoms with Crippen molar-refractivity contribution in [1.29, 1.82) is 0 Å². The fraction of sp³-hybridized carbons (Fsp3) is 0.333. The Morgan fingerprint density at radius 1 is 1.16 bits per heavy atom. The van der Waals surface area contributed by atoms with Crippen molar-refractivity contribution in [2.24, 2.45) is 0 Å². The molecule has 1 aliphatic heterocycles. The van der Waals surface area contributed by atoms with Gasteiger partial charge in [-0.2, -0.15) is 0 Å². The maximum absolute atomic E-state index is 12.8. The highest BCUT2D eigenvalue weighted by molar-refractivity contribution is 6.01. The number of fused-ring (bicyclic) bond motifs is 1. The SMILES string of the molecule is CCC[C@@H](C(=O)NCc1ccc(C)cc1)N1Cc2ccccc2C1=O. The van der Waals surface area contributed by atoms with Crippen LogP contribution in [-0.4, -0.2) is 22.8 Å². The monoisotopic (exact) mass is 336 g/mol. The van der Waals surface area contributed by atoms with E-state index in [2.05, 4.69) is 5.32 Å². The second-order valence-electron chi connectivity index (χ2n) is 6.60. The number of amides is 2. The lowest BCUT2D eigenvalue weighted by atomic mass is 10.1. The molecule has 25 heavy (non-hydrogen) atoms. The second kappa shape index (κ2) is 7.51. The molecule has 0 radical (unpaired) electrons. The number of benzene rings is 2. The Kier molecular flexibility index (Phi) is 5.17. The van der Waals surface area contributed by atoms with E-state index >= 15 is 0 Å². The van der Waals surface area contributed by atoms with Gasteiger partial charge in [0, 0.05) is 18.7 Å². The first kappa shape index (κ1) is 17.2. The molecule has 0 saturated carbocycles. The van der Waals surface area contributed by atoms with Gasteiger partial charge in [-0.3, -0.25) is 9.59 Å². The number of rotatable bonds is 6. The Morgan fingerprint density at radius 3 is 2.56 bits per heavy atom. The fourth-order valence-electron chi connectivity index (χ4n) is 3.24. The molecule has 4 nitrogen and oxygen atoms in total. The maximum atomic E-state index is 12.8. The number of nitrogens with one attached hydrogen (secondary N) is 1. The summed E-state index contributed by atoms with van der Waals surface area (Å²) in [5.41, 5.74) is 3.97. The van der Waals surface area contributed by atoms with Crippen LogP contribution in [0.15, 0.2) is 48.5 Å². The minimum Gasteiger partial charge on any atom is -0.350 e. The highest BCUT2D eigenvalue weighted by atomic mass is 16.2. The van der Waals surface area contributed by atoms with E-state index in [0.717, 1.165) is 23.1 Å². The lowest BCUT2D eigenvalue weighted by Crippen LogP contribution is -2.46. The van der Waals surface area contributed by atoms with Crippen molar-refractivity contribution in [3.8, 4) is 0 Å². The van der Waals surface area contributed by atoms with Gasteiger partial charge >= 0.3 is 0 Å². The van der Waals surface area contributed by atoms with Crippen LogP contribution >= 0.6 is 0 Å². The average molecular weight is 336 g/mol. The molecular weight excluding hydrogens is 312 g/mol. The number of hydrogen-bond acceptors (Lipinski definition) is 2. The van der Waals surface area contributed by atoms with Crippen molar-refractivity contribution in [2.45, 2.75) is 45.8 Å². The maximum Gasteiger partial charge on any atom is 0.255 e. The highest BCUT2D eigenvalue weighted by Gasteiger charge is 2.35. The van der Waals surface area contributed by atoms with E-state index in [1.807, 2.05) is 62.4 Å². The normalized spacial score (nSPS) is 14.3. The van der Waals surface area contributed by atoms with Gasteiger partial charge in [0.25, 0.3) is 5.91 Å². The molecule has 1 aliphatic rings. The smallest absolute Gasteiger partial charge is 0.255 e. The number of aryl methyl sites for hydroxylation is 1. The van der Waals surface area contributed by atoms with E-state index in [0.29, 0.717) is 19.5 Å². The van der Waals surface area contributed by atoms with Crippen molar-refractivity contribution in [3.63, 3.8) is 0 Å². The van der Waals surface area contributed by atoms with Crippen molar-refractivity contribution in [3.05, 3.63) is 70.8 Å². The molecule has 2 aromatic carbocycles. The summed E-state index contributed by atoms with van der Waals surface area (Å²) in [6, 6.07) is 15.3. The molecule has 3 rings (SSSR count). The van der Waals surface area contributed by atoms with E-state index in [-0.39, 0.29) is 11.8 Å². The molecule has 1 N–H and O–H groups in total. The number of hydrogen-bond donors (Lipinski definition) is 1. The van der Waals surface area contributed by atoms with Crippen LogP contribution in [0.25, 0.3) is 0 Å². The van der Waals surface area contributed by atoms with Gasteiger partial charge in [0.2, 0.25) is 5.91 Å². The Bertz CT molecular complexity index is 768. The summed E-state index contributed by atoms with van der Waals surface area (Å²) in [5, 5.41) is 2.99. The molecular formula is C21H24N2O2. The first-order valence-electron chi connectivity index (χ1n) is 8.82. The fourth-order valence-corrected chi connectivity index (χ4v) is 3.24. The van der Waals surface area contributed by atoms with Crippen LogP contribution in [0, 0.1) is 6.92 Å². The van der Waals surface area contributed by atoms with E-state index in [9.17, 15) is 9.59 Å². The van der Waals surface area contributed by atoms with E-state index < -0.39 is 6.04 Å². The summed E-state index contributed by atoms with van der Waals surface area (Å²) < 4.78 is 0. The zero-order valence-corrected chi connectivity index (χ0v) is 14.8. The molecule has 0 fully saturated rings. The second-order valence-corrected chi connectivity index (χ2v) is 6.60. The molecule has 0 aromatic heterocycles. The van der Waals surface area contributed by atoms with Crippen LogP contribution in [0.5, 0.6) is 0 Å². The summed E-state index contributed by atoms with van der Waals surface area (Å²) >= 11 is 0. The van der Waals surface area contributed by atoms with Crippen molar-refractivity contribution in [1.82, 2.24) is 10.2 Å². The van der Waals surface area contributed by atoms with Crippen LogP contribution in [0.1, 0.15) is 46.8 Å². The van der Waals surface area contributed by atoms with Gasteiger partial charge in [0.15, 0.2) is 0 Å². The van der Waals surface area contributed by atoms with Crippen molar-refractivity contribution in [2.75, 3.05) is 0 Å². The lowest BCUT2D eigenvalue weighted by molar-refractivity contribution is -0.126. The average Bonchev–Trinajstić information content (AvgIpc) is 2.96. The van der Waals surface area contributed by atoms with Gasteiger partial charge in [0.1, 0.15) is 6.04 Å². The molecule has 0 aliphatic carbocycles. The summed E-state index contributed by atoms with van der Waals surface area (Å²) in [4.78, 5) is 27.1. The first-order chi connectivity index (χ1) is 12.1. The molecule has 0 unspecified atom stereocenters. The Labute approximate surface area is 148 Å². The van der Waals surface area contributed by atoms with Gasteiger partial charge < -0.3 is 10.2 Å². The molecule has 0 saturated heterocycles. The number of nitrogens with zero attached hydrogens (tertiary/aromatic N) is 1. The molecule has 2 amide bonds. The Balaban J connectivity index is 1.69. The minimum absolute atomic E-state index is 0.0421. The van der Waals surface area contributed by atoms with E-state index in [1.165, 1.54) is 5.56 Å². The van der Waals surface area contributed by atoms with Crippen molar-refractivity contribution >= 4 is 11.8 Å². The predicted molar refractivity (Wildman–Crippen MR) is 98.0 cm³/mol. The molecule has 1 heterocycles. The van der Waals surface area contributed by atoms with Crippen LogP contribution in [-0.2, 0) is 17.9 Å². The van der Waals surface area contributed by atoms with Gasteiger partial charge in [-0.25, -0.2) is 0 Å². The van der Waals surface area contributed by atoms with Gasteiger partial charge in [-0.1, -0.05) is 61.4 Å². The summed E-state index contributed by atoms with van der Waals surface area (Å²) in [6.07, 6.45) is 1.52. The molecule has 0 bridgehead atoms. The molecule has 2 aromatic rings. The zero-order valence-electron chi connectivity index (χ0n) is 14.8. The van der Waals surface area contributed by atoms with Gasteiger partial charge in [-0.15, -0.1) is 0 Å². The molecule has 130 valence electrons. The topological polar surface area (TPSA) is 49.4 Å². The van der Waals surface area contributed by atoms with E-state index in [1.54, 1.807) is 4.90 Å². The zero-order chi connectivity index (χ0) is 17.8. The quantitative estimate of drug-likeness (QED) is 0.878. The largest absolute Gasteiger partial charge is 0.350 e. The van der Waals surface area contributed by atoms with Crippen LogP contribution in [0.4, 0.5) is 0 Å². The van der Waals surface area contributed by atoms with Crippen LogP contribution in [0.2, 0.25) is 0 Å². The molecule has 4 heteroatoms. The third-order valence-electron chi connectivity index (χ3n) is 4.68. The molecule has 1 atom stereocenters. The molecule has 0 spiro atoms. The van der Waals surface area contributed by atoms with Gasteiger partial charge in [-0.05, 0) is 30.5 Å². The first-order valence-corrected chi connectivity index (χ1v) is 8.82. The van der Waals surface area contributed by atoms with Crippen LogP contribution in [0.3, 0.4) is 0 Å². The Morgan fingerprint density at radius 2 is 1.88 bits per heavy atom. The summed E-state index contributed by atoms with van der Waals surface area (Å²) in [7, 11) is 0. The van der Waals surface area contributed by atoms with Crippen molar-refractivity contribution < 1.29 is 9.59 Å². The standard InChI is InChI=1S/C21H24N2O2/c1-3-6-19(20(24)22-13-16-11-9-15(2)10-12-16)23-14-17-7-4-5-8-18(17)21(23)25/h4-5,7-12,19H,3,6,13-14H2,1-2H3,(H,22,24)/t19-/m0/s1. The minimum atomic E-state index is -0.421. The predicted octanol–water partition coefficient (Wildman–Crippen LogP) is 3.44.